The van der Waals surface area contributed by atoms with E-state index in [0.717, 1.165) is 12.7 Å². The van der Waals surface area contributed by atoms with Crippen LogP contribution >= 0.6 is 0 Å². The maximum absolute atomic E-state index is 13.4. The number of ether oxygens (including phenoxy) is 1. The van der Waals surface area contributed by atoms with Crippen LogP contribution in [0.1, 0.15) is 32.3 Å². The van der Waals surface area contributed by atoms with Crippen LogP contribution in [-0.4, -0.2) is 30.0 Å². The molecule has 8 nitrogen and oxygen atoms in total. The van der Waals surface area contributed by atoms with Gasteiger partial charge < -0.3 is 8.92 Å². The Morgan fingerprint density at radius 1 is 0.968 bits per heavy atom. The molecule has 0 radical (unpaired) electrons. The highest BCUT2D eigenvalue weighted by atomic mass is 32.2. The van der Waals surface area contributed by atoms with Crippen LogP contribution in [0.2, 0.25) is 0 Å². The van der Waals surface area contributed by atoms with Gasteiger partial charge in [0.05, 0.1) is 23.2 Å². The fourth-order valence-electron chi connectivity index (χ4n) is 3.18. The minimum absolute atomic E-state index is 0.0509. The van der Waals surface area contributed by atoms with Gasteiger partial charge in [0.15, 0.2) is 0 Å². The summed E-state index contributed by atoms with van der Waals surface area (Å²) in [4.78, 5) is 24.6. The van der Waals surface area contributed by atoms with Crippen LogP contribution in [0.3, 0.4) is 0 Å². The highest BCUT2D eigenvalue weighted by molar-refractivity contribution is 7.86. The van der Waals surface area contributed by atoms with Gasteiger partial charge in [0.2, 0.25) is 5.88 Å². The summed E-state index contributed by atoms with van der Waals surface area (Å²) in [5.41, 5.74) is 0.943. The number of nitrogens with zero attached hydrogens (tertiary/aromatic N) is 2. The number of carbonyl (C=O) groups is 1. The van der Waals surface area contributed by atoms with Crippen LogP contribution in [0, 0.1) is 0 Å². The zero-order valence-electron chi connectivity index (χ0n) is 17.6. The Hall–Kier alpha value is -3.33. The maximum Gasteiger partial charge on any atom is 0.308 e. The molecule has 0 aliphatic carbocycles. The third kappa shape index (κ3) is 5.24. The van der Waals surface area contributed by atoms with Crippen LogP contribution < -0.4 is 14.5 Å². The van der Waals surface area contributed by atoms with Crippen LogP contribution in [0.4, 0.5) is 0 Å². The molecule has 164 valence electrons. The van der Waals surface area contributed by atoms with Gasteiger partial charge in [-0.15, -0.1) is 0 Å². The first-order valence-electron chi connectivity index (χ1n) is 9.82. The standard InChI is InChI=1S/C22H24N2O6S/c1-4-5-11-20-21(26)23(17-9-7-6-8-10-17)24(22(20)30-31(3,27)28)18-12-14-19(15-13-18)29-16(2)25/h6-10,12-15H,4-5,11H2,1-3H3. The quantitative estimate of drug-likeness (QED) is 0.301. The second-order valence-corrected chi connectivity index (χ2v) is 8.60. The lowest BCUT2D eigenvalue weighted by Crippen LogP contribution is -2.22. The summed E-state index contributed by atoms with van der Waals surface area (Å²) < 4.78 is 37.3. The number of para-hydroxylation sites is 1. The molecule has 0 aliphatic rings. The molecule has 1 heterocycles. The van der Waals surface area contributed by atoms with Gasteiger partial charge in [-0.25, -0.2) is 9.36 Å². The summed E-state index contributed by atoms with van der Waals surface area (Å²) >= 11 is 0. The molecular weight excluding hydrogens is 420 g/mol. The number of hydrogen-bond acceptors (Lipinski definition) is 6. The normalized spacial score (nSPS) is 11.3. The van der Waals surface area contributed by atoms with Gasteiger partial charge >= 0.3 is 16.1 Å². The fourth-order valence-corrected chi connectivity index (χ4v) is 3.64. The molecule has 0 unspecified atom stereocenters. The van der Waals surface area contributed by atoms with Crippen LogP contribution in [-0.2, 0) is 21.3 Å². The molecule has 0 atom stereocenters. The first-order chi connectivity index (χ1) is 14.7. The van der Waals surface area contributed by atoms with E-state index in [4.69, 9.17) is 8.92 Å². The monoisotopic (exact) mass is 444 g/mol. The number of benzene rings is 2. The Morgan fingerprint density at radius 3 is 2.13 bits per heavy atom. The van der Waals surface area contributed by atoms with E-state index >= 15 is 0 Å². The highest BCUT2D eigenvalue weighted by Crippen LogP contribution is 2.28. The average Bonchev–Trinajstić information content (AvgIpc) is 2.97. The van der Waals surface area contributed by atoms with Crippen molar-refractivity contribution in [1.82, 2.24) is 9.36 Å². The van der Waals surface area contributed by atoms with Gasteiger partial charge in [0.25, 0.3) is 5.56 Å². The van der Waals surface area contributed by atoms with E-state index in [-0.39, 0.29) is 17.0 Å². The van der Waals surface area contributed by atoms with E-state index < -0.39 is 16.1 Å². The zero-order chi connectivity index (χ0) is 22.6. The first kappa shape index (κ1) is 22.4. The molecule has 0 aliphatic heterocycles. The van der Waals surface area contributed by atoms with Crippen molar-refractivity contribution >= 4 is 16.1 Å². The molecule has 0 saturated carbocycles. The van der Waals surface area contributed by atoms with Crippen molar-refractivity contribution < 1.29 is 22.1 Å². The maximum atomic E-state index is 13.4. The fraction of sp³-hybridized carbons (Fsp3) is 0.273. The van der Waals surface area contributed by atoms with Gasteiger partial charge in [-0.1, -0.05) is 31.5 Å². The lowest BCUT2D eigenvalue weighted by molar-refractivity contribution is -0.131. The van der Waals surface area contributed by atoms with Crippen molar-refractivity contribution in [2.75, 3.05) is 6.26 Å². The number of hydrogen-bond donors (Lipinski definition) is 0. The minimum atomic E-state index is -3.91. The third-order valence-corrected chi connectivity index (χ3v) is 4.92. The summed E-state index contributed by atoms with van der Waals surface area (Å²) in [6, 6.07) is 15.3. The van der Waals surface area contributed by atoms with E-state index in [1.165, 1.54) is 16.3 Å². The largest absolute Gasteiger partial charge is 0.427 e. The van der Waals surface area contributed by atoms with Gasteiger partial charge in [-0.3, -0.25) is 9.59 Å². The average molecular weight is 445 g/mol. The molecule has 1 aromatic heterocycles. The molecule has 0 N–H and O–H groups in total. The van der Waals surface area contributed by atoms with Crippen molar-refractivity contribution in [3.8, 4) is 23.0 Å². The summed E-state index contributed by atoms with van der Waals surface area (Å²) in [5.74, 6) is -0.184. The van der Waals surface area contributed by atoms with Crippen LogP contribution in [0.15, 0.2) is 59.4 Å². The lowest BCUT2D eigenvalue weighted by Gasteiger charge is -2.15. The Morgan fingerprint density at radius 2 is 1.58 bits per heavy atom. The zero-order valence-corrected chi connectivity index (χ0v) is 18.4. The second-order valence-electron chi connectivity index (χ2n) is 7.03. The number of rotatable bonds is 8. The highest BCUT2D eigenvalue weighted by Gasteiger charge is 2.26. The molecule has 0 bridgehead atoms. The summed E-state index contributed by atoms with van der Waals surface area (Å²) in [7, 11) is -3.91. The van der Waals surface area contributed by atoms with Crippen molar-refractivity contribution in [2.24, 2.45) is 0 Å². The van der Waals surface area contributed by atoms with Crippen molar-refractivity contribution in [3.05, 3.63) is 70.5 Å². The van der Waals surface area contributed by atoms with Gasteiger partial charge in [-0.2, -0.15) is 8.42 Å². The van der Waals surface area contributed by atoms with Crippen molar-refractivity contribution in [2.45, 2.75) is 33.1 Å². The van der Waals surface area contributed by atoms with E-state index in [2.05, 4.69) is 0 Å². The van der Waals surface area contributed by atoms with Crippen molar-refractivity contribution in [3.63, 3.8) is 0 Å². The molecule has 0 fully saturated rings. The van der Waals surface area contributed by atoms with Gasteiger partial charge in [0.1, 0.15) is 5.75 Å². The van der Waals surface area contributed by atoms with Crippen molar-refractivity contribution in [1.29, 1.82) is 0 Å². The van der Waals surface area contributed by atoms with Crippen LogP contribution in [0.5, 0.6) is 11.6 Å². The molecule has 0 amide bonds. The summed E-state index contributed by atoms with van der Waals surface area (Å²) in [6.07, 6.45) is 2.82. The smallest absolute Gasteiger partial charge is 0.308 e. The molecule has 3 aromatic rings. The molecule has 9 heteroatoms. The van der Waals surface area contributed by atoms with E-state index in [1.54, 1.807) is 48.5 Å². The Kier molecular flexibility index (Phi) is 6.65. The summed E-state index contributed by atoms with van der Waals surface area (Å²) in [5, 5.41) is 0. The predicted molar refractivity (Wildman–Crippen MR) is 117 cm³/mol. The SMILES string of the molecule is CCCCc1c(OS(C)(=O)=O)n(-c2ccc(OC(C)=O)cc2)n(-c2ccccc2)c1=O. The summed E-state index contributed by atoms with van der Waals surface area (Å²) in [6.45, 7) is 3.28. The predicted octanol–water partition coefficient (Wildman–Crippen LogP) is 3.23. The van der Waals surface area contributed by atoms with E-state index in [0.29, 0.717) is 30.0 Å². The Balaban J connectivity index is 2.29. The van der Waals surface area contributed by atoms with Gasteiger partial charge in [-0.05, 0) is 49.2 Å². The third-order valence-electron chi connectivity index (χ3n) is 4.46. The molecule has 3 rings (SSSR count). The number of unbranched alkanes of at least 4 members (excludes halogenated alkanes) is 1. The molecule has 31 heavy (non-hydrogen) atoms. The number of carbonyl (C=O) groups excluding carboxylic acids is 1. The number of esters is 1. The topological polar surface area (TPSA) is 96.6 Å². The van der Waals surface area contributed by atoms with E-state index in [9.17, 15) is 18.0 Å². The second kappa shape index (κ2) is 9.22. The molecule has 2 aromatic carbocycles. The van der Waals surface area contributed by atoms with Gasteiger partial charge in [0, 0.05) is 6.92 Å². The first-order valence-corrected chi connectivity index (χ1v) is 11.6. The number of aromatic nitrogens is 2. The van der Waals surface area contributed by atoms with Crippen LogP contribution in [0.25, 0.3) is 11.4 Å². The molecule has 0 spiro atoms. The van der Waals surface area contributed by atoms with E-state index in [1.807, 2.05) is 13.0 Å². The minimum Gasteiger partial charge on any atom is -0.427 e. The lowest BCUT2D eigenvalue weighted by atomic mass is 10.1. The molecular formula is C22H24N2O6S. The molecule has 0 saturated heterocycles. The Labute approximate surface area is 180 Å². The Bertz CT molecular complexity index is 1230.